The molecule has 0 saturated carbocycles. The van der Waals surface area contributed by atoms with Gasteiger partial charge < -0.3 is 15.4 Å². The third-order valence-electron chi connectivity index (χ3n) is 3.84. The number of hydrogen-bond acceptors (Lipinski definition) is 3. The van der Waals surface area contributed by atoms with Gasteiger partial charge in [-0.1, -0.05) is 12.1 Å². The highest BCUT2D eigenvalue weighted by Gasteiger charge is 2.13. The predicted molar refractivity (Wildman–Crippen MR) is 87.2 cm³/mol. The maximum absolute atomic E-state index is 11.8. The van der Waals surface area contributed by atoms with Gasteiger partial charge in [0.25, 0.3) is 0 Å². The lowest BCUT2D eigenvalue weighted by atomic mass is 10.1. The summed E-state index contributed by atoms with van der Waals surface area (Å²) in [5.74, 6) is 1.73. The normalized spacial score (nSPS) is 17.1. The van der Waals surface area contributed by atoms with Gasteiger partial charge in [-0.2, -0.15) is 0 Å². The van der Waals surface area contributed by atoms with E-state index in [9.17, 15) is 4.79 Å². The summed E-state index contributed by atoms with van der Waals surface area (Å²) in [7, 11) is 1.66. The Morgan fingerprint density at radius 2 is 2.14 bits per heavy atom. The van der Waals surface area contributed by atoms with Crippen LogP contribution in [0.15, 0.2) is 24.3 Å². The van der Waals surface area contributed by atoms with Crippen LogP contribution in [0, 0.1) is 5.92 Å². The van der Waals surface area contributed by atoms with Crippen LogP contribution in [0.1, 0.15) is 24.8 Å². The molecule has 0 radical (unpaired) electrons. The second-order valence-corrected chi connectivity index (χ2v) is 5.35. The number of halogens is 1. The Hall–Kier alpha value is -1.26. The first-order valence-electron chi connectivity index (χ1n) is 7.38. The molecule has 1 fully saturated rings. The van der Waals surface area contributed by atoms with Gasteiger partial charge in [0.1, 0.15) is 5.75 Å². The lowest BCUT2D eigenvalue weighted by Gasteiger charge is -2.09. The third-order valence-corrected chi connectivity index (χ3v) is 3.84. The zero-order chi connectivity index (χ0) is 14.2. The number of amides is 1. The molecule has 1 amide bonds. The Balaban J connectivity index is 0.00000220. The number of methoxy groups -OCH3 is 1. The number of carbonyl (C=O) groups is 1. The molecule has 0 spiro atoms. The summed E-state index contributed by atoms with van der Waals surface area (Å²) in [6.45, 7) is 3.02. The van der Waals surface area contributed by atoms with E-state index in [-0.39, 0.29) is 18.3 Å². The van der Waals surface area contributed by atoms with E-state index in [4.69, 9.17) is 4.74 Å². The summed E-state index contributed by atoms with van der Waals surface area (Å²) in [5.41, 5.74) is 1.17. The van der Waals surface area contributed by atoms with E-state index in [0.717, 1.165) is 44.1 Å². The first-order valence-corrected chi connectivity index (χ1v) is 7.38. The van der Waals surface area contributed by atoms with Crippen molar-refractivity contribution >= 4 is 18.3 Å². The molecule has 2 rings (SSSR count). The molecular weight excluding hydrogens is 288 g/mol. The molecule has 1 atom stereocenters. The van der Waals surface area contributed by atoms with Gasteiger partial charge in [0.05, 0.1) is 7.11 Å². The maximum Gasteiger partial charge on any atom is 0.220 e. The van der Waals surface area contributed by atoms with E-state index in [1.54, 1.807) is 7.11 Å². The van der Waals surface area contributed by atoms with Crippen LogP contribution in [0.3, 0.4) is 0 Å². The SMILES string of the molecule is COc1ccc(CCC(=O)NCCC2CCNC2)cc1.Cl. The van der Waals surface area contributed by atoms with Gasteiger partial charge in [-0.3, -0.25) is 4.79 Å². The van der Waals surface area contributed by atoms with Gasteiger partial charge in [-0.25, -0.2) is 0 Å². The van der Waals surface area contributed by atoms with Crippen LogP contribution in [0.5, 0.6) is 5.75 Å². The van der Waals surface area contributed by atoms with Crippen molar-refractivity contribution in [1.82, 2.24) is 10.6 Å². The van der Waals surface area contributed by atoms with Gasteiger partial charge >= 0.3 is 0 Å². The van der Waals surface area contributed by atoms with Crippen LogP contribution < -0.4 is 15.4 Å². The molecule has 5 heteroatoms. The minimum atomic E-state index is 0. The molecule has 1 saturated heterocycles. The van der Waals surface area contributed by atoms with Gasteiger partial charge in [-0.15, -0.1) is 12.4 Å². The molecule has 2 N–H and O–H groups in total. The maximum atomic E-state index is 11.8. The molecule has 21 heavy (non-hydrogen) atoms. The molecule has 1 aromatic carbocycles. The Kier molecular flexibility index (Phi) is 8.16. The summed E-state index contributed by atoms with van der Waals surface area (Å²) < 4.78 is 5.11. The molecule has 1 aliphatic heterocycles. The van der Waals surface area contributed by atoms with E-state index in [1.165, 1.54) is 12.0 Å². The quantitative estimate of drug-likeness (QED) is 0.811. The number of hydrogen-bond donors (Lipinski definition) is 2. The molecule has 0 aromatic heterocycles. The van der Waals surface area contributed by atoms with Crippen molar-refractivity contribution in [2.75, 3.05) is 26.7 Å². The van der Waals surface area contributed by atoms with Gasteiger partial charge in [0.2, 0.25) is 5.91 Å². The van der Waals surface area contributed by atoms with Gasteiger partial charge in [-0.05, 0) is 56.0 Å². The van der Waals surface area contributed by atoms with Crippen LogP contribution in [0.4, 0.5) is 0 Å². The first kappa shape index (κ1) is 17.8. The highest BCUT2D eigenvalue weighted by molar-refractivity contribution is 5.85. The van der Waals surface area contributed by atoms with E-state index < -0.39 is 0 Å². The second-order valence-electron chi connectivity index (χ2n) is 5.35. The van der Waals surface area contributed by atoms with Crippen LogP contribution in [-0.4, -0.2) is 32.7 Å². The smallest absolute Gasteiger partial charge is 0.220 e. The van der Waals surface area contributed by atoms with Crippen molar-refractivity contribution < 1.29 is 9.53 Å². The van der Waals surface area contributed by atoms with E-state index in [0.29, 0.717) is 6.42 Å². The monoisotopic (exact) mass is 312 g/mol. The summed E-state index contributed by atoms with van der Waals surface area (Å²) in [6, 6.07) is 7.88. The number of nitrogens with one attached hydrogen (secondary N) is 2. The third kappa shape index (κ3) is 6.36. The molecule has 118 valence electrons. The number of rotatable bonds is 7. The average molecular weight is 313 g/mol. The van der Waals surface area contributed by atoms with E-state index >= 15 is 0 Å². The minimum absolute atomic E-state index is 0. The zero-order valence-corrected chi connectivity index (χ0v) is 13.4. The summed E-state index contributed by atoms with van der Waals surface area (Å²) in [6.07, 6.45) is 3.65. The highest BCUT2D eigenvalue weighted by atomic mass is 35.5. The largest absolute Gasteiger partial charge is 0.497 e. The standard InChI is InChI=1S/C16H24N2O2.ClH/c1-20-15-5-2-13(3-6-15)4-7-16(19)18-11-9-14-8-10-17-12-14;/h2-3,5-6,14,17H,4,7-12H2,1H3,(H,18,19);1H. The molecule has 1 unspecified atom stereocenters. The van der Waals surface area contributed by atoms with Crippen molar-refractivity contribution in [3.63, 3.8) is 0 Å². The Labute approximate surface area is 133 Å². The van der Waals surface area contributed by atoms with Crippen LogP contribution in [0.2, 0.25) is 0 Å². The van der Waals surface area contributed by atoms with Crippen LogP contribution in [0.25, 0.3) is 0 Å². The fraction of sp³-hybridized carbons (Fsp3) is 0.562. The fourth-order valence-corrected chi connectivity index (χ4v) is 2.52. The van der Waals surface area contributed by atoms with E-state index in [1.807, 2.05) is 24.3 Å². The van der Waals surface area contributed by atoms with Crippen molar-refractivity contribution in [3.05, 3.63) is 29.8 Å². The molecule has 0 bridgehead atoms. The zero-order valence-electron chi connectivity index (χ0n) is 12.6. The Morgan fingerprint density at radius 1 is 1.38 bits per heavy atom. The highest BCUT2D eigenvalue weighted by Crippen LogP contribution is 2.13. The molecule has 1 aromatic rings. The number of ether oxygens (including phenoxy) is 1. The Morgan fingerprint density at radius 3 is 2.76 bits per heavy atom. The number of benzene rings is 1. The number of carbonyl (C=O) groups excluding carboxylic acids is 1. The summed E-state index contributed by atoms with van der Waals surface area (Å²) in [5, 5.41) is 6.35. The summed E-state index contributed by atoms with van der Waals surface area (Å²) >= 11 is 0. The fourth-order valence-electron chi connectivity index (χ4n) is 2.52. The second kappa shape index (κ2) is 9.64. The number of aryl methyl sites for hydroxylation is 1. The lowest BCUT2D eigenvalue weighted by Crippen LogP contribution is -2.26. The average Bonchev–Trinajstić information content (AvgIpc) is 2.99. The molecule has 4 nitrogen and oxygen atoms in total. The van der Waals surface area contributed by atoms with Crippen molar-refractivity contribution in [1.29, 1.82) is 0 Å². The van der Waals surface area contributed by atoms with E-state index in [2.05, 4.69) is 10.6 Å². The van der Waals surface area contributed by atoms with Crippen molar-refractivity contribution in [2.45, 2.75) is 25.7 Å². The van der Waals surface area contributed by atoms with Crippen LogP contribution >= 0.6 is 12.4 Å². The summed E-state index contributed by atoms with van der Waals surface area (Å²) in [4.78, 5) is 11.8. The minimum Gasteiger partial charge on any atom is -0.497 e. The molecule has 1 heterocycles. The molecular formula is C16H25ClN2O2. The van der Waals surface area contributed by atoms with Gasteiger partial charge in [0, 0.05) is 13.0 Å². The van der Waals surface area contributed by atoms with Crippen molar-refractivity contribution in [2.24, 2.45) is 5.92 Å². The Bertz CT molecular complexity index is 417. The lowest BCUT2D eigenvalue weighted by molar-refractivity contribution is -0.121. The van der Waals surface area contributed by atoms with Crippen LogP contribution in [-0.2, 0) is 11.2 Å². The first-order chi connectivity index (χ1) is 9.78. The predicted octanol–water partition coefficient (Wildman–Crippen LogP) is 2.17. The van der Waals surface area contributed by atoms with Gasteiger partial charge in [0.15, 0.2) is 0 Å². The molecule has 0 aliphatic carbocycles. The van der Waals surface area contributed by atoms with Crippen molar-refractivity contribution in [3.8, 4) is 5.75 Å². The molecule has 1 aliphatic rings. The topological polar surface area (TPSA) is 50.4 Å².